The molecule has 0 atom stereocenters. The average Bonchev–Trinajstić information content (AvgIpc) is 2.48. The molecule has 0 bridgehead atoms. The van der Waals surface area contributed by atoms with Gasteiger partial charge in [0.1, 0.15) is 0 Å². The van der Waals surface area contributed by atoms with Crippen LogP contribution < -0.4 is 5.63 Å². The molecule has 0 spiro atoms. The van der Waals surface area contributed by atoms with Crippen molar-refractivity contribution in [1.82, 2.24) is 4.98 Å². The summed E-state index contributed by atoms with van der Waals surface area (Å²) in [6.07, 6.45) is 0.935. The predicted molar refractivity (Wildman–Crippen MR) is 79.8 cm³/mol. The lowest BCUT2D eigenvalue weighted by Gasteiger charge is -2.04. The molecule has 1 heterocycles. The molecule has 0 aliphatic heterocycles. The maximum atomic E-state index is 12.1. The monoisotopic (exact) mass is 265 g/mol. The first-order valence-corrected chi connectivity index (χ1v) is 6.68. The van der Waals surface area contributed by atoms with Gasteiger partial charge in [-0.15, -0.1) is 0 Å². The molecule has 2 aromatic carbocycles. The Bertz CT molecular complexity index is 834. The second kappa shape index (κ2) is 4.93. The zero-order chi connectivity index (χ0) is 14.1. The minimum Gasteiger partial charge on any atom is -0.403 e. The second-order valence-corrected chi connectivity index (χ2v) is 4.88. The molecule has 100 valence electrons. The topological polar surface area (TPSA) is 43.1 Å². The maximum absolute atomic E-state index is 12.1. The largest absolute Gasteiger partial charge is 0.403 e. The van der Waals surface area contributed by atoms with Gasteiger partial charge in [0.05, 0.1) is 10.9 Å². The van der Waals surface area contributed by atoms with E-state index in [-0.39, 0.29) is 5.63 Å². The van der Waals surface area contributed by atoms with Crippen LogP contribution in [-0.4, -0.2) is 4.98 Å². The number of aryl methyl sites for hydroxylation is 2. The van der Waals surface area contributed by atoms with E-state index in [1.54, 1.807) is 6.07 Å². The molecule has 0 saturated carbocycles. The van der Waals surface area contributed by atoms with Crippen molar-refractivity contribution in [3.8, 4) is 11.5 Å². The molecule has 0 radical (unpaired) electrons. The number of hydrogen-bond donors (Lipinski definition) is 0. The van der Waals surface area contributed by atoms with Gasteiger partial charge in [-0.05, 0) is 43.2 Å². The molecule has 0 saturated heterocycles. The Hall–Kier alpha value is -2.42. The first-order valence-electron chi connectivity index (χ1n) is 6.68. The molecule has 0 amide bonds. The summed E-state index contributed by atoms with van der Waals surface area (Å²) in [4.78, 5) is 16.5. The van der Waals surface area contributed by atoms with E-state index >= 15 is 0 Å². The van der Waals surface area contributed by atoms with Crippen LogP contribution in [0.2, 0.25) is 0 Å². The van der Waals surface area contributed by atoms with E-state index in [4.69, 9.17) is 4.42 Å². The van der Waals surface area contributed by atoms with E-state index in [0.717, 1.165) is 17.5 Å². The van der Waals surface area contributed by atoms with Gasteiger partial charge >= 0.3 is 5.63 Å². The molecule has 3 nitrogen and oxygen atoms in total. The third kappa shape index (κ3) is 2.23. The van der Waals surface area contributed by atoms with E-state index in [1.807, 2.05) is 43.3 Å². The van der Waals surface area contributed by atoms with Crippen molar-refractivity contribution >= 4 is 10.9 Å². The van der Waals surface area contributed by atoms with Gasteiger partial charge in [-0.3, -0.25) is 0 Å². The van der Waals surface area contributed by atoms with Crippen molar-refractivity contribution in [2.24, 2.45) is 0 Å². The number of hydrogen-bond acceptors (Lipinski definition) is 3. The van der Waals surface area contributed by atoms with Crippen molar-refractivity contribution in [1.29, 1.82) is 0 Å². The van der Waals surface area contributed by atoms with Crippen LogP contribution in [0.3, 0.4) is 0 Å². The molecular weight excluding hydrogens is 250 g/mol. The third-order valence-corrected chi connectivity index (χ3v) is 3.37. The summed E-state index contributed by atoms with van der Waals surface area (Å²) < 4.78 is 5.36. The molecule has 3 aromatic rings. The highest BCUT2D eigenvalue weighted by molar-refractivity contribution is 5.79. The Kier molecular flexibility index (Phi) is 3.11. The van der Waals surface area contributed by atoms with Crippen molar-refractivity contribution in [2.75, 3.05) is 0 Å². The summed E-state index contributed by atoms with van der Waals surface area (Å²) in [5, 5.41) is 0.528. The van der Waals surface area contributed by atoms with E-state index in [1.165, 1.54) is 5.56 Å². The fraction of sp³-hybridized carbons (Fsp3) is 0.176. The van der Waals surface area contributed by atoms with Crippen LogP contribution in [0, 0.1) is 6.92 Å². The van der Waals surface area contributed by atoms with Crippen LogP contribution in [0.1, 0.15) is 18.1 Å². The third-order valence-electron chi connectivity index (χ3n) is 3.37. The summed E-state index contributed by atoms with van der Waals surface area (Å²) in [5.41, 5.74) is 3.38. The number of aromatic nitrogens is 1. The van der Waals surface area contributed by atoms with Crippen molar-refractivity contribution < 1.29 is 4.42 Å². The minimum absolute atomic E-state index is 0.337. The zero-order valence-corrected chi connectivity index (χ0v) is 11.5. The van der Waals surface area contributed by atoms with Gasteiger partial charge in [-0.2, -0.15) is 0 Å². The average molecular weight is 265 g/mol. The first kappa shape index (κ1) is 12.6. The van der Waals surface area contributed by atoms with Crippen molar-refractivity contribution in [3.63, 3.8) is 0 Å². The summed E-state index contributed by atoms with van der Waals surface area (Å²) in [7, 11) is 0. The lowest BCUT2D eigenvalue weighted by Crippen LogP contribution is -2.03. The highest BCUT2D eigenvalue weighted by Gasteiger charge is 2.08. The predicted octanol–water partition coefficient (Wildman–Crippen LogP) is 3.73. The second-order valence-electron chi connectivity index (χ2n) is 4.88. The van der Waals surface area contributed by atoms with Crippen molar-refractivity contribution in [2.45, 2.75) is 20.3 Å². The number of fused-ring (bicyclic) bond motifs is 1. The van der Waals surface area contributed by atoms with Gasteiger partial charge in [0.25, 0.3) is 0 Å². The van der Waals surface area contributed by atoms with E-state index in [2.05, 4.69) is 11.9 Å². The smallest absolute Gasteiger partial charge is 0.347 e. The fourth-order valence-corrected chi connectivity index (χ4v) is 2.23. The Morgan fingerprint density at radius 2 is 2.00 bits per heavy atom. The minimum atomic E-state index is -0.337. The lowest BCUT2D eigenvalue weighted by atomic mass is 10.1. The zero-order valence-electron chi connectivity index (χ0n) is 11.5. The van der Waals surface area contributed by atoms with E-state index in [9.17, 15) is 4.79 Å². The Balaban J connectivity index is 2.22. The van der Waals surface area contributed by atoms with Crippen LogP contribution >= 0.6 is 0 Å². The molecular formula is C17H15NO2. The van der Waals surface area contributed by atoms with Crippen LogP contribution in [0.25, 0.3) is 22.4 Å². The quantitative estimate of drug-likeness (QED) is 0.709. The van der Waals surface area contributed by atoms with Gasteiger partial charge in [0.15, 0.2) is 0 Å². The molecule has 3 heteroatoms. The van der Waals surface area contributed by atoms with E-state index < -0.39 is 0 Å². The van der Waals surface area contributed by atoms with Crippen LogP contribution in [0.5, 0.6) is 0 Å². The molecule has 20 heavy (non-hydrogen) atoms. The lowest BCUT2D eigenvalue weighted by molar-refractivity contribution is 0.518. The van der Waals surface area contributed by atoms with Crippen molar-refractivity contribution in [3.05, 3.63) is 64.0 Å². The Labute approximate surface area is 116 Å². The SMILES string of the molecule is CCc1cccc(-c2nc3ccc(C)cc3c(=O)o2)c1. The standard InChI is InChI=1S/C17H15NO2/c1-3-12-5-4-6-13(10-12)16-18-15-8-7-11(2)9-14(15)17(19)20-16/h4-10H,3H2,1-2H3. The summed E-state index contributed by atoms with van der Waals surface area (Å²) in [6, 6.07) is 13.5. The normalized spacial score (nSPS) is 10.9. The van der Waals surface area contributed by atoms with Gasteiger partial charge in [-0.1, -0.05) is 30.7 Å². The molecule has 3 rings (SSSR count). The molecule has 0 aliphatic rings. The first-order chi connectivity index (χ1) is 9.67. The molecule has 1 aromatic heterocycles. The summed E-state index contributed by atoms with van der Waals surface area (Å²) >= 11 is 0. The Morgan fingerprint density at radius 1 is 1.15 bits per heavy atom. The summed E-state index contributed by atoms with van der Waals surface area (Å²) in [6.45, 7) is 4.03. The fourth-order valence-electron chi connectivity index (χ4n) is 2.23. The van der Waals surface area contributed by atoms with Gasteiger partial charge in [0, 0.05) is 5.56 Å². The van der Waals surface area contributed by atoms with Crippen LogP contribution in [-0.2, 0) is 6.42 Å². The van der Waals surface area contributed by atoms with Gasteiger partial charge in [0.2, 0.25) is 5.89 Å². The highest BCUT2D eigenvalue weighted by Crippen LogP contribution is 2.20. The van der Waals surface area contributed by atoms with Gasteiger partial charge in [-0.25, -0.2) is 9.78 Å². The maximum Gasteiger partial charge on any atom is 0.347 e. The number of benzene rings is 2. The van der Waals surface area contributed by atoms with E-state index in [0.29, 0.717) is 16.8 Å². The number of nitrogens with zero attached hydrogens (tertiary/aromatic N) is 1. The van der Waals surface area contributed by atoms with Gasteiger partial charge < -0.3 is 4.42 Å². The highest BCUT2D eigenvalue weighted by atomic mass is 16.4. The molecule has 0 unspecified atom stereocenters. The van der Waals surface area contributed by atoms with Crippen LogP contribution in [0.4, 0.5) is 0 Å². The Morgan fingerprint density at radius 3 is 2.80 bits per heavy atom. The molecule has 0 aliphatic carbocycles. The molecule has 0 N–H and O–H groups in total. The summed E-state index contributed by atoms with van der Waals surface area (Å²) in [5.74, 6) is 0.377. The molecule has 0 fully saturated rings. The number of rotatable bonds is 2. The van der Waals surface area contributed by atoms with Crippen LogP contribution in [0.15, 0.2) is 51.7 Å².